The molecule has 1 N–H and O–H groups in total. The Morgan fingerprint density at radius 1 is 1.18 bits per heavy atom. The van der Waals surface area contributed by atoms with Gasteiger partial charge in [-0.2, -0.15) is 0 Å². The number of allylic oxidation sites excluding steroid dienone is 3. The Hall–Kier alpha value is -2.03. The Labute approximate surface area is 133 Å². The molecule has 1 rings (SSSR count). The number of ether oxygens (including phenoxy) is 1. The molecule has 0 saturated heterocycles. The molecule has 0 aliphatic carbocycles. The number of benzene rings is 1. The van der Waals surface area contributed by atoms with Crippen molar-refractivity contribution in [3.63, 3.8) is 0 Å². The maximum absolute atomic E-state index is 11.7. The van der Waals surface area contributed by atoms with Gasteiger partial charge in [-0.05, 0) is 42.7 Å². The molecule has 0 fully saturated rings. The molecule has 0 heterocycles. The van der Waals surface area contributed by atoms with Gasteiger partial charge in [0.15, 0.2) is 17.3 Å². The highest BCUT2D eigenvalue weighted by Gasteiger charge is 2.00. The van der Waals surface area contributed by atoms with Crippen LogP contribution >= 0.6 is 0 Å². The second-order valence-electron chi connectivity index (χ2n) is 5.27. The highest BCUT2D eigenvalue weighted by Crippen LogP contribution is 2.26. The molecular weight excluding hydrogens is 276 g/mol. The van der Waals surface area contributed by atoms with Crippen molar-refractivity contribution in [3.8, 4) is 11.5 Å². The van der Waals surface area contributed by atoms with E-state index in [1.54, 1.807) is 30.4 Å². The summed E-state index contributed by atoms with van der Waals surface area (Å²) < 4.78 is 5.03. The van der Waals surface area contributed by atoms with Gasteiger partial charge in [0, 0.05) is 0 Å². The third-order valence-electron chi connectivity index (χ3n) is 3.40. The van der Waals surface area contributed by atoms with Crippen molar-refractivity contribution < 1.29 is 14.6 Å². The van der Waals surface area contributed by atoms with Gasteiger partial charge in [0.25, 0.3) is 0 Å². The summed E-state index contributed by atoms with van der Waals surface area (Å²) in [6.45, 7) is 2.20. The van der Waals surface area contributed by atoms with Crippen LogP contribution in [0.1, 0.15) is 51.0 Å². The Kier molecular flexibility index (Phi) is 8.73. The molecule has 3 heteroatoms. The van der Waals surface area contributed by atoms with Gasteiger partial charge >= 0.3 is 0 Å². The SMILES string of the molecule is CCCCCCC/C=C/C(=O)/C=C\c1ccc(O)c(OC)c1. The molecule has 0 spiro atoms. The van der Waals surface area contributed by atoms with Crippen molar-refractivity contribution in [2.45, 2.75) is 45.4 Å². The number of rotatable bonds is 10. The number of carbonyl (C=O) groups is 1. The lowest BCUT2D eigenvalue weighted by atomic mass is 10.1. The van der Waals surface area contributed by atoms with Gasteiger partial charge in [-0.15, -0.1) is 0 Å². The minimum absolute atomic E-state index is 0.0272. The van der Waals surface area contributed by atoms with Gasteiger partial charge in [0.05, 0.1) is 7.11 Å². The van der Waals surface area contributed by atoms with Crippen LogP contribution in [-0.4, -0.2) is 18.0 Å². The van der Waals surface area contributed by atoms with Crippen LogP contribution in [0.2, 0.25) is 0 Å². The van der Waals surface area contributed by atoms with Crippen molar-refractivity contribution in [3.05, 3.63) is 42.0 Å². The topological polar surface area (TPSA) is 46.5 Å². The Morgan fingerprint density at radius 3 is 2.68 bits per heavy atom. The van der Waals surface area contributed by atoms with E-state index in [0.717, 1.165) is 18.4 Å². The fourth-order valence-electron chi connectivity index (χ4n) is 2.10. The fraction of sp³-hybridized carbons (Fsp3) is 0.421. The Balaban J connectivity index is 2.38. The predicted octanol–water partition coefficient (Wildman–Crippen LogP) is 4.90. The maximum Gasteiger partial charge on any atom is 0.178 e. The molecule has 0 aliphatic rings. The first-order valence-electron chi connectivity index (χ1n) is 7.93. The molecule has 22 heavy (non-hydrogen) atoms. The zero-order chi connectivity index (χ0) is 16.2. The van der Waals surface area contributed by atoms with E-state index in [1.165, 1.54) is 38.9 Å². The summed E-state index contributed by atoms with van der Waals surface area (Å²) in [5, 5.41) is 9.51. The fourth-order valence-corrected chi connectivity index (χ4v) is 2.10. The highest BCUT2D eigenvalue weighted by molar-refractivity contribution is 6.01. The lowest BCUT2D eigenvalue weighted by Gasteiger charge is -2.03. The molecule has 0 aliphatic heterocycles. The molecule has 0 unspecified atom stereocenters. The summed E-state index contributed by atoms with van der Waals surface area (Å²) in [7, 11) is 1.50. The van der Waals surface area contributed by atoms with E-state index in [0.29, 0.717) is 5.75 Å². The van der Waals surface area contributed by atoms with E-state index in [4.69, 9.17) is 4.74 Å². The highest BCUT2D eigenvalue weighted by atomic mass is 16.5. The lowest BCUT2D eigenvalue weighted by molar-refractivity contribution is -0.110. The van der Waals surface area contributed by atoms with Crippen LogP contribution in [0, 0.1) is 0 Å². The maximum atomic E-state index is 11.7. The van der Waals surface area contributed by atoms with E-state index in [2.05, 4.69) is 6.92 Å². The summed E-state index contributed by atoms with van der Waals surface area (Å²) in [4.78, 5) is 11.7. The van der Waals surface area contributed by atoms with Crippen molar-refractivity contribution in [1.29, 1.82) is 0 Å². The van der Waals surface area contributed by atoms with Crippen molar-refractivity contribution in [2.75, 3.05) is 7.11 Å². The molecule has 1 aromatic rings. The second-order valence-corrected chi connectivity index (χ2v) is 5.27. The average Bonchev–Trinajstić information content (AvgIpc) is 2.53. The van der Waals surface area contributed by atoms with Crippen LogP contribution in [0.15, 0.2) is 36.4 Å². The summed E-state index contributed by atoms with van der Waals surface area (Å²) in [6.07, 6.45) is 14.0. The lowest BCUT2D eigenvalue weighted by Crippen LogP contribution is -1.87. The van der Waals surface area contributed by atoms with E-state index >= 15 is 0 Å². The third kappa shape index (κ3) is 7.11. The average molecular weight is 302 g/mol. The number of phenolic OH excluding ortho intramolecular Hbond substituents is 1. The first-order valence-corrected chi connectivity index (χ1v) is 7.93. The quantitative estimate of drug-likeness (QED) is 0.494. The first kappa shape index (κ1) is 18.0. The number of ketones is 1. The van der Waals surface area contributed by atoms with Gasteiger partial charge in [0.2, 0.25) is 0 Å². The third-order valence-corrected chi connectivity index (χ3v) is 3.40. The smallest absolute Gasteiger partial charge is 0.178 e. The zero-order valence-electron chi connectivity index (χ0n) is 13.5. The molecular formula is C19H26O3. The molecule has 0 aromatic heterocycles. The molecule has 0 radical (unpaired) electrons. The summed E-state index contributed by atoms with van der Waals surface area (Å²) >= 11 is 0. The van der Waals surface area contributed by atoms with Crippen molar-refractivity contribution in [2.24, 2.45) is 0 Å². The minimum atomic E-state index is -0.0272. The molecule has 0 amide bonds. The second kappa shape index (κ2) is 10.7. The number of phenols is 1. The number of hydrogen-bond acceptors (Lipinski definition) is 3. The normalized spacial score (nSPS) is 11.4. The molecule has 0 atom stereocenters. The number of aromatic hydroxyl groups is 1. The summed E-state index contributed by atoms with van der Waals surface area (Å²) in [5.74, 6) is 0.465. The van der Waals surface area contributed by atoms with Gasteiger partial charge in [0.1, 0.15) is 0 Å². The summed E-state index contributed by atoms with van der Waals surface area (Å²) in [6, 6.07) is 4.98. The molecule has 0 bridgehead atoms. The molecule has 1 aromatic carbocycles. The van der Waals surface area contributed by atoms with Gasteiger partial charge in [-0.25, -0.2) is 0 Å². The Morgan fingerprint density at radius 2 is 1.95 bits per heavy atom. The van der Waals surface area contributed by atoms with Crippen LogP contribution < -0.4 is 4.74 Å². The van der Waals surface area contributed by atoms with E-state index in [1.807, 2.05) is 6.08 Å². The van der Waals surface area contributed by atoms with Crippen LogP contribution in [0.4, 0.5) is 0 Å². The largest absolute Gasteiger partial charge is 0.504 e. The van der Waals surface area contributed by atoms with Gasteiger partial charge < -0.3 is 9.84 Å². The minimum Gasteiger partial charge on any atom is -0.504 e. The Bertz CT molecular complexity index is 515. The van der Waals surface area contributed by atoms with Crippen molar-refractivity contribution >= 4 is 11.9 Å². The number of carbonyl (C=O) groups excluding carboxylic acids is 1. The van der Waals surface area contributed by atoms with Crippen LogP contribution in [0.5, 0.6) is 11.5 Å². The van der Waals surface area contributed by atoms with Gasteiger partial charge in [-0.1, -0.05) is 50.8 Å². The monoisotopic (exact) mass is 302 g/mol. The molecule has 3 nitrogen and oxygen atoms in total. The van der Waals surface area contributed by atoms with E-state index < -0.39 is 0 Å². The van der Waals surface area contributed by atoms with E-state index in [-0.39, 0.29) is 11.5 Å². The van der Waals surface area contributed by atoms with Gasteiger partial charge in [-0.3, -0.25) is 4.79 Å². The number of hydrogen-bond donors (Lipinski definition) is 1. The first-order chi connectivity index (χ1) is 10.7. The molecule has 0 saturated carbocycles. The zero-order valence-corrected chi connectivity index (χ0v) is 13.5. The van der Waals surface area contributed by atoms with Crippen molar-refractivity contribution in [1.82, 2.24) is 0 Å². The summed E-state index contributed by atoms with van der Waals surface area (Å²) in [5.41, 5.74) is 0.816. The predicted molar refractivity (Wildman–Crippen MR) is 91.2 cm³/mol. The van der Waals surface area contributed by atoms with Crippen LogP contribution in [0.25, 0.3) is 6.08 Å². The van der Waals surface area contributed by atoms with E-state index in [9.17, 15) is 9.90 Å². The van der Waals surface area contributed by atoms with Crippen LogP contribution in [0.3, 0.4) is 0 Å². The number of unbranched alkanes of at least 4 members (excludes halogenated alkanes) is 5. The standard InChI is InChI=1S/C19H26O3/c1-3-4-5-6-7-8-9-10-17(20)13-11-16-12-14-18(21)19(15-16)22-2/h9-15,21H,3-8H2,1-2H3/b10-9+,13-11-. The van der Waals surface area contributed by atoms with Crippen LogP contribution in [-0.2, 0) is 4.79 Å². The number of methoxy groups -OCH3 is 1. The molecule has 120 valence electrons.